The summed E-state index contributed by atoms with van der Waals surface area (Å²) in [6.07, 6.45) is 4.85. The van der Waals surface area contributed by atoms with Crippen LogP contribution in [0.15, 0.2) is 18.2 Å². The van der Waals surface area contributed by atoms with Crippen LogP contribution in [0.5, 0.6) is 0 Å². The minimum atomic E-state index is -0.979. The number of anilines is 1. The minimum Gasteiger partial charge on any atom is -0.342 e. The SMILES string of the molecule is CC1CCN(C(=O)C2CCC(C(=O)Nc3ccc(F)c(F)c3)CC2)CC1. The molecule has 26 heavy (non-hydrogen) atoms. The van der Waals surface area contributed by atoms with E-state index in [0.717, 1.165) is 38.1 Å². The molecule has 1 saturated carbocycles. The van der Waals surface area contributed by atoms with Gasteiger partial charge in [0.05, 0.1) is 0 Å². The molecule has 0 bridgehead atoms. The maximum absolute atomic E-state index is 13.2. The van der Waals surface area contributed by atoms with Crippen molar-refractivity contribution in [1.82, 2.24) is 4.90 Å². The number of carbonyl (C=O) groups excluding carboxylic acids is 2. The van der Waals surface area contributed by atoms with Crippen molar-refractivity contribution in [3.63, 3.8) is 0 Å². The first-order valence-corrected chi connectivity index (χ1v) is 9.48. The normalized spacial score (nSPS) is 24.3. The first kappa shape index (κ1) is 18.8. The maximum Gasteiger partial charge on any atom is 0.227 e. The van der Waals surface area contributed by atoms with Crippen LogP contribution in [-0.4, -0.2) is 29.8 Å². The van der Waals surface area contributed by atoms with Crippen molar-refractivity contribution in [1.29, 1.82) is 0 Å². The highest BCUT2D eigenvalue weighted by Crippen LogP contribution is 2.32. The number of benzene rings is 1. The van der Waals surface area contributed by atoms with Crippen LogP contribution < -0.4 is 5.32 Å². The second-order valence-corrected chi connectivity index (χ2v) is 7.67. The van der Waals surface area contributed by atoms with Crippen molar-refractivity contribution in [2.45, 2.75) is 45.4 Å². The fraction of sp³-hybridized carbons (Fsp3) is 0.600. The number of amides is 2. The van der Waals surface area contributed by atoms with Crippen LogP contribution in [0.2, 0.25) is 0 Å². The Labute approximate surface area is 152 Å². The van der Waals surface area contributed by atoms with Gasteiger partial charge < -0.3 is 10.2 Å². The summed E-state index contributed by atoms with van der Waals surface area (Å²) >= 11 is 0. The Morgan fingerprint density at radius 3 is 2.19 bits per heavy atom. The van der Waals surface area contributed by atoms with Gasteiger partial charge in [0.15, 0.2) is 11.6 Å². The molecule has 2 aliphatic rings. The minimum absolute atomic E-state index is 0.00993. The van der Waals surface area contributed by atoms with E-state index in [4.69, 9.17) is 0 Å². The van der Waals surface area contributed by atoms with Crippen LogP contribution >= 0.6 is 0 Å². The Hall–Kier alpha value is -1.98. The lowest BCUT2D eigenvalue weighted by Gasteiger charge is -2.35. The average molecular weight is 364 g/mol. The summed E-state index contributed by atoms with van der Waals surface area (Å²) in [4.78, 5) is 27.0. The quantitative estimate of drug-likeness (QED) is 0.882. The summed E-state index contributed by atoms with van der Waals surface area (Å²) in [6.45, 7) is 3.91. The Bertz CT molecular complexity index is 664. The second kappa shape index (κ2) is 8.14. The number of rotatable bonds is 3. The van der Waals surface area contributed by atoms with Crippen LogP contribution in [0.1, 0.15) is 45.4 Å². The molecule has 2 amide bonds. The molecule has 1 aliphatic carbocycles. The molecule has 1 heterocycles. The van der Waals surface area contributed by atoms with Crippen molar-refractivity contribution in [2.75, 3.05) is 18.4 Å². The Balaban J connectivity index is 1.49. The van der Waals surface area contributed by atoms with Gasteiger partial charge in [0, 0.05) is 36.7 Å². The standard InChI is InChI=1S/C20H26F2N2O2/c1-13-8-10-24(11-9-13)20(26)15-4-2-14(3-5-15)19(25)23-16-6-7-17(21)18(22)12-16/h6-7,12-15H,2-5,8-11H2,1H3,(H,23,25). The molecule has 1 aromatic carbocycles. The second-order valence-electron chi connectivity index (χ2n) is 7.67. The van der Waals surface area contributed by atoms with Crippen molar-refractivity contribution >= 4 is 17.5 Å². The molecule has 1 N–H and O–H groups in total. The number of hydrogen-bond acceptors (Lipinski definition) is 2. The summed E-state index contributed by atoms with van der Waals surface area (Å²) < 4.78 is 26.2. The van der Waals surface area contributed by atoms with E-state index in [1.54, 1.807) is 0 Å². The van der Waals surface area contributed by atoms with Crippen LogP contribution in [0, 0.1) is 29.4 Å². The summed E-state index contributed by atoms with van der Waals surface area (Å²) in [5.74, 6) is -1.36. The first-order chi connectivity index (χ1) is 12.4. The van der Waals surface area contributed by atoms with Crippen LogP contribution in [0.25, 0.3) is 0 Å². The molecule has 1 aliphatic heterocycles. The average Bonchev–Trinajstić information content (AvgIpc) is 2.65. The lowest BCUT2D eigenvalue weighted by atomic mass is 9.80. The van der Waals surface area contributed by atoms with Gasteiger partial charge in [0.2, 0.25) is 11.8 Å². The van der Waals surface area contributed by atoms with Gasteiger partial charge in [-0.2, -0.15) is 0 Å². The summed E-state index contributed by atoms with van der Waals surface area (Å²) in [7, 11) is 0. The molecule has 4 nitrogen and oxygen atoms in total. The molecule has 3 rings (SSSR count). The topological polar surface area (TPSA) is 49.4 Å². The highest BCUT2D eigenvalue weighted by atomic mass is 19.2. The number of nitrogens with one attached hydrogen (secondary N) is 1. The third kappa shape index (κ3) is 4.40. The molecule has 0 atom stereocenters. The van der Waals surface area contributed by atoms with Crippen LogP contribution in [-0.2, 0) is 9.59 Å². The summed E-state index contributed by atoms with van der Waals surface area (Å²) in [6, 6.07) is 3.34. The van der Waals surface area contributed by atoms with Gasteiger partial charge in [-0.3, -0.25) is 9.59 Å². The highest BCUT2D eigenvalue weighted by molar-refractivity contribution is 5.92. The van der Waals surface area contributed by atoms with Gasteiger partial charge in [-0.25, -0.2) is 8.78 Å². The molecule has 1 saturated heterocycles. The van der Waals surface area contributed by atoms with E-state index in [2.05, 4.69) is 12.2 Å². The number of carbonyl (C=O) groups is 2. The molecular formula is C20H26F2N2O2. The third-order valence-corrected chi connectivity index (χ3v) is 5.73. The predicted octanol–water partition coefficient (Wildman–Crippen LogP) is 3.97. The van der Waals surface area contributed by atoms with Crippen LogP contribution in [0.3, 0.4) is 0 Å². The van der Waals surface area contributed by atoms with E-state index >= 15 is 0 Å². The largest absolute Gasteiger partial charge is 0.342 e. The Morgan fingerprint density at radius 1 is 0.962 bits per heavy atom. The predicted molar refractivity (Wildman–Crippen MR) is 95.4 cm³/mol. The van der Waals surface area contributed by atoms with Crippen molar-refractivity contribution in [3.05, 3.63) is 29.8 Å². The molecule has 0 radical (unpaired) electrons. The molecule has 142 valence electrons. The van der Waals surface area contributed by atoms with Gasteiger partial charge >= 0.3 is 0 Å². The lowest BCUT2D eigenvalue weighted by molar-refractivity contribution is -0.139. The van der Waals surface area contributed by atoms with Crippen molar-refractivity contribution in [3.8, 4) is 0 Å². The third-order valence-electron chi connectivity index (χ3n) is 5.73. The molecule has 1 aromatic rings. The zero-order valence-electron chi connectivity index (χ0n) is 15.1. The van der Waals surface area contributed by atoms with E-state index in [1.807, 2.05) is 4.90 Å². The maximum atomic E-state index is 13.2. The van der Waals surface area contributed by atoms with Crippen molar-refractivity contribution in [2.24, 2.45) is 17.8 Å². The van der Waals surface area contributed by atoms with Gasteiger partial charge in [0.1, 0.15) is 0 Å². The molecule has 0 unspecified atom stereocenters. The van der Waals surface area contributed by atoms with Gasteiger partial charge in [-0.05, 0) is 56.6 Å². The molecule has 0 aromatic heterocycles. The van der Waals surface area contributed by atoms with Gasteiger partial charge in [0.25, 0.3) is 0 Å². The zero-order valence-corrected chi connectivity index (χ0v) is 15.1. The van der Waals surface area contributed by atoms with E-state index in [0.29, 0.717) is 31.6 Å². The Kier molecular flexibility index (Phi) is 5.89. The summed E-state index contributed by atoms with van der Waals surface area (Å²) in [5.41, 5.74) is 0.259. The van der Waals surface area contributed by atoms with Crippen LogP contribution in [0.4, 0.5) is 14.5 Å². The van der Waals surface area contributed by atoms with Gasteiger partial charge in [-0.1, -0.05) is 6.92 Å². The summed E-state index contributed by atoms with van der Waals surface area (Å²) in [5, 5.41) is 2.65. The number of hydrogen-bond donors (Lipinski definition) is 1. The fourth-order valence-electron chi connectivity index (χ4n) is 3.91. The zero-order chi connectivity index (χ0) is 18.7. The fourth-order valence-corrected chi connectivity index (χ4v) is 3.91. The van der Waals surface area contributed by atoms with E-state index in [1.165, 1.54) is 6.07 Å². The van der Waals surface area contributed by atoms with Gasteiger partial charge in [-0.15, -0.1) is 0 Å². The monoisotopic (exact) mass is 364 g/mol. The van der Waals surface area contributed by atoms with E-state index < -0.39 is 11.6 Å². The van der Waals surface area contributed by atoms with Crippen molar-refractivity contribution < 1.29 is 18.4 Å². The molecule has 6 heteroatoms. The van der Waals surface area contributed by atoms with E-state index in [-0.39, 0.29) is 29.3 Å². The van der Waals surface area contributed by atoms with E-state index in [9.17, 15) is 18.4 Å². The highest BCUT2D eigenvalue weighted by Gasteiger charge is 2.33. The molecule has 2 fully saturated rings. The first-order valence-electron chi connectivity index (χ1n) is 9.48. The number of piperidine rings is 1. The number of halogens is 2. The number of likely N-dealkylation sites (tertiary alicyclic amines) is 1. The Morgan fingerprint density at radius 2 is 1.58 bits per heavy atom. The number of nitrogens with zero attached hydrogens (tertiary/aromatic N) is 1. The lowest BCUT2D eigenvalue weighted by Crippen LogP contribution is -2.42. The molecule has 0 spiro atoms. The molecular weight excluding hydrogens is 338 g/mol. The smallest absolute Gasteiger partial charge is 0.227 e.